The Balaban J connectivity index is 1.46. The average Bonchev–Trinajstić information content (AvgIpc) is 3.28. The van der Waals surface area contributed by atoms with Gasteiger partial charge < -0.3 is 10.2 Å². The number of benzene rings is 2. The number of likely N-dealkylation sites (N-methyl/N-ethyl adjacent to an activating group) is 1. The first-order valence-corrected chi connectivity index (χ1v) is 12.4. The lowest BCUT2D eigenvalue weighted by molar-refractivity contribution is -0.125. The third-order valence-corrected chi connectivity index (χ3v) is 7.24. The Morgan fingerprint density at radius 3 is 2.50 bits per heavy atom. The Kier molecular flexibility index (Phi) is 8.31. The van der Waals surface area contributed by atoms with E-state index in [2.05, 4.69) is 15.6 Å². The van der Waals surface area contributed by atoms with Crippen LogP contribution in [0.4, 0.5) is 0 Å². The first-order valence-electron chi connectivity index (χ1n) is 9.94. The molecule has 2 aromatic rings. The number of carbonyl (C=O) groups excluding carboxylic acids is 1. The van der Waals surface area contributed by atoms with Crippen LogP contribution in [0.1, 0.15) is 11.1 Å². The van der Waals surface area contributed by atoms with Gasteiger partial charge in [-0.05, 0) is 17.7 Å². The molecule has 32 heavy (non-hydrogen) atoms. The Morgan fingerprint density at radius 1 is 1.19 bits per heavy atom. The minimum atomic E-state index is -3.71. The molecule has 10 heteroatoms. The summed E-state index contributed by atoms with van der Waals surface area (Å²) in [6, 6.07) is 12.4. The first-order chi connectivity index (χ1) is 15.3. The second kappa shape index (κ2) is 11.0. The highest BCUT2D eigenvalue weighted by molar-refractivity contribution is 7.91. The molecule has 2 aromatic carbocycles. The number of rotatable bonds is 9. The molecule has 0 atom stereocenters. The molecule has 0 radical (unpaired) electrons. The zero-order valence-electron chi connectivity index (χ0n) is 17.5. The van der Waals surface area contributed by atoms with Crippen LogP contribution >= 0.6 is 23.2 Å². The molecule has 3 rings (SSSR count). The van der Waals surface area contributed by atoms with Gasteiger partial charge in [0, 0.05) is 38.3 Å². The van der Waals surface area contributed by atoms with E-state index in [0.29, 0.717) is 6.54 Å². The molecule has 7 nitrogen and oxygen atoms in total. The number of amidine groups is 1. The van der Waals surface area contributed by atoms with Crippen LogP contribution in [-0.2, 0) is 21.2 Å². The molecule has 1 aliphatic heterocycles. The molecule has 0 aromatic heterocycles. The molecule has 0 unspecified atom stereocenters. The fourth-order valence-corrected chi connectivity index (χ4v) is 5.49. The van der Waals surface area contributed by atoms with Gasteiger partial charge in [0.05, 0.1) is 16.6 Å². The number of sulfone groups is 1. The smallest absolute Gasteiger partial charge is 0.246 e. The largest absolute Gasteiger partial charge is 0.368 e. The topological polar surface area (TPSA) is 90.9 Å². The van der Waals surface area contributed by atoms with Gasteiger partial charge in [0.2, 0.25) is 5.91 Å². The molecule has 2 N–H and O–H groups in total. The van der Waals surface area contributed by atoms with Crippen molar-refractivity contribution < 1.29 is 13.2 Å². The number of nitrogens with one attached hydrogen (secondary N) is 2. The summed E-state index contributed by atoms with van der Waals surface area (Å²) in [6.45, 7) is 2.30. The van der Waals surface area contributed by atoms with Crippen LogP contribution < -0.4 is 10.6 Å². The van der Waals surface area contributed by atoms with Gasteiger partial charge in [-0.1, -0.05) is 59.6 Å². The summed E-state index contributed by atoms with van der Waals surface area (Å²) in [6.07, 6.45) is 2.99. The zero-order chi connectivity index (χ0) is 23.1. The normalized spacial score (nSPS) is 13.8. The van der Waals surface area contributed by atoms with Crippen LogP contribution in [0.15, 0.2) is 64.5 Å². The monoisotopic (exact) mass is 494 g/mol. The molecule has 0 saturated heterocycles. The number of halogens is 2. The molecule has 1 aliphatic rings. The lowest BCUT2D eigenvalue weighted by Crippen LogP contribution is -2.26. The van der Waals surface area contributed by atoms with E-state index >= 15 is 0 Å². The molecule has 0 fully saturated rings. The van der Waals surface area contributed by atoms with Gasteiger partial charge in [0.15, 0.2) is 9.84 Å². The number of hydrogen-bond acceptors (Lipinski definition) is 6. The second-order valence-corrected chi connectivity index (χ2v) is 9.96. The number of aliphatic imine (C=N–C) groups is 1. The van der Waals surface area contributed by atoms with Crippen LogP contribution in [0.5, 0.6) is 0 Å². The molecule has 0 saturated carbocycles. The van der Waals surface area contributed by atoms with Crippen LogP contribution in [0.25, 0.3) is 0 Å². The quantitative estimate of drug-likeness (QED) is 0.413. The van der Waals surface area contributed by atoms with Crippen molar-refractivity contribution in [3.8, 4) is 0 Å². The van der Waals surface area contributed by atoms with Gasteiger partial charge >= 0.3 is 0 Å². The zero-order valence-corrected chi connectivity index (χ0v) is 19.8. The fraction of sp³-hybridized carbons (Fsp3) is 0.273. The number of carbonyl (C=O) groups is 1. The van der Waals surface area contributed by atoms with Gasteiger partial charge in [0.1, 0.15) is 16.6 Å². The van der Waals surface area contributed by atoms with Crippen molar-refractivity contribution in [1.82, 2.24) is 15.5 Å². The van der Waals surface area contributed by atoms with E-state index in [9.17, 15) is 13.2 Å². The lowest BCUT2D eigenvalue weighted by atomic mass is 10.1. The highest BCUT2D eigenvalue weighted by Gasteiger charge is 2.21. The summed E-state index contributed by atoms with van der Waals surface area (Å²) in [5.74, 6) is 0.363. The van der Waals surface area contributed by atoms with Gasteiger partial charge in [-0.2, -0.15) is 0 Å². The van der Waals surface area contributed by atoms with Crippen molar-refractivity contribution in [2.45, 2.75) is 11.4 Å². The molecule has 0 bridgehead atoms. The Hall–Kier alpha value is -2.39. The Morgan fingerprint density at radius 2 is 1.88 bits per heavy atom. The molecule has 1 amide bonds. The highest BCUT2D eigenvalue weighted by atomic mass is 35.5. The maximum atomic E-state index is 12.4. The molecule has 1 heterocycles. The van der Waals surface area contributed by atoms with Gasteiger partial charge in [0.25, 0.3) is 0 Å². The van der Waals surface area contributed by atoms with E-state index in [0.717, 1.165) is 30.1 Å². The molecule has 0 aliphatic carbocycles. The Bertz CT molecular complexity index is 1110. The minimum Gasteiger partial charge on any atom is -0.368 e. The van der Waals surface area contributed by atoms with E-state index in [1.165, 1.54) is 18.2 Å². The Labute approximate surface area is 198 Å². The van der Waals surface area contributed by atoms with Crippen LogP contribution in [0, 0.1) is 0 Å². The van der Waals surface area contributed by atoms with E-state index in [1.807, 2.05) is 24.3 Å². The predicted octanol–water partition coefficient (Wildman–Crippen LogP) is 2.88. The molecule has 0 spiro atoms. The predicted molar refractivity (Wildman–Crippen MR) is 128 cm³/mol. The van der Waals surface area contributed by atoms with Crippen LogP contribution in [0.3, 0.4) is 0 Å². The summed E-state index contributed by atoms with van der Waals surface area (Å²) >= 11 is 11.9. The molecule has 170 valence electrons. The van der Waals surface area contributed by atoms with Crippen LogP contribution in [-0.4, -0.2) is 57.6 Å². The lowest BCUT2D eigenvalue weighted by Gasteiger charge is -2.15. The van der Waals surface area contributed by atoms with Crippen molar-refractivity contribution in [3.63, 3.8) is 0 Å². The van der Waals surface area contributed by atoms with Gasteiger partial charge in [-0.25, -0.2) is 8.42 Å². The third-order valence-electron chi connectivity index (χ3n) is 4.74. The standard InChI is InChI=1S/C22H24Cl2N4O3S/c1-28(14-16-7-9-17(10-8-16)22-26-12-13-27-22)20(29)6-3-11-25-15-32(30,31)21-18(23)4-2-5-19(21)24/h2-10,25H,11-15H2,1H3,(H,26,27). The number of hydrogen-bond donors (Lipinski definition) is 2. The summed E-state index contributed by atoms with van der Waals surface area (Å²) in [7, 11) is -2.00. The van der Waals surface area contributed by atoms with Crippen molar-refractivity contribution in [2.75, 3.05) is 32.6 Å². The maximum absolute atomic E-state index is 12.4. The summed E-state index contributed by atoms with van der Waals surface area (Å²) in [5.41, 5.74) is 2.02. The van der Waals surface area contributed by atoms with Crippen LogP contribution in [0.2, 0.25) is 10.0 Å². The first kappa shape index (κ1) is 24.3. The summed E-state index contributed by atoms with van der Waals surface area (Å²) < 4.78 is 24.9. The van der Waals surface area contributed by atoms with Crippen molar-refractivity contribution in [2.24, 2.45) is 4.99 Å². The summed E-state index contributed by atoms with van der Waals surface area (Å²) in [5, 5.41) is 6.16. The van der Waals surface area contributed by atoms with Crippen molar-refractivity contribution in [3.05, 3.63) is 75.8 Å². The minimum absolute atomic E-state index is 0.0761. The van der Waals surface area contributed by atoms with E-state index < -0.39 is 9.84 Å². The number of nitrogens with zero attached hydrogens (tertiary/aromatic N) is 2. The fourth-order valence-electron chi connectivity index (χ4n) is 3.13. The number of amides is 1. The summed E-state index contributed by atoms with van der Waals surface area (Å²) in [4.78, 5) is 18.2. The van der Waals surface area contributed by atoms with Crippen molar-refractivity contribution >= 4 is 44.8 Å². The van der Waals surface area contributed by atoms with Gasteiger partial charge in [-0.3, -0.25) is 15.1 Å². The highest BCUT2D eigenvalue weighted by Crippen LogP contribution is 2.29. The van der Waals surface area contributed by atoms with Gasteiger partial charge in [-0.15, -0.1) is 0 Å². The molecular formula is C22H24Cl2N4O3S. The average molecular weight is 495 g/mol. The third kappa shape index (κ3) is 6.32. The SMILES string of the molecule is CN(Cc1ccc(C2=NCCN2)cc1)C(=O)C=CCNCS(=O)(=O)c1c(Cl)cccc1Cl. The van der Waals surface area contributed by atoms with E-state index in [1.54, 1.807) is 24.1 Å². The van der Waals surface area contributed by atoms with Crippen molar-refractivity contribution in [1.29, 1.82) is 0 Å². The van der Waals surface area contributed by atoms with E-state index in [-0.39, 0.29) is 33.3 Å². The second-order valence-electron chi connectivity index (χ2n) is 7.21. The maximum Gasteiger partial charge on any atom is 0.246 e. The van der Waals surface area contributed by atoms with E-state index in [4.69, 9.17) is 23.2 Å². The molecular weight excluding hydrogens is 471 g/mol.